The predicted octanol–water partition coefficient (Wildman–Crippen LogP) is 17.6. The Balaban J connectivity index is 1.21. The molecule has 0 amide bonds. The maximum Gasteiger partial charge on any atom is 0.0562 e. The molecule has 1 aromatic heterocycles. The van der Waals surface area contributed by atoms with Gasteiger partial charge in [-0.25, -0.2) is 0 Å². The molecule has 9 aromatic carbocycles. The number of rotatable bonds is 6. The Morgan fingerprint density at radius 2 is 0.985 bits per heavy atom. The molecule has 0 spiro atoms. The van der Waals surface area contributed by atoms with Crippen molar-refractivity contribution in [3.8, 4) is 39.1 Å². The fraction of sp³-hybridized carbons (Fsp3) is 0.175. The second kappa shape index (κ2) is 15.0. The van der Waals surface area contributed by atoms with E-state index in [1.807, 2.05) is 0 Å². The molecular weight excluding hydrogens is 785 g/mol. The van der Waals surface area contributed by atoms with Gasteiger partial charge in [0.05, 0.1) is 22.4 Å². The Morgan fingerprint density at radius 1 is 0.415 bits per heavy atom. The quantitative estimate of drug-likeness (QED) is 0.162. The third kappa shape index (κ3) is 6.61. The number of para-hydroxylation sites is 3. The van der Waals surface area contributed by atoms with E-state index in [4.69, 9.17) is 0 Å². The third-order valence-electron chi connectivity index (χ3n) is 14.1. The molecule has 318 valence electrons. The van der Waals surface area contributed by atoms with Crippen molar-refractivity contribution in [2.75, 3.05) is 4.90 Å². The summed E-state index contributed by atoms with van der Waals surface area (Å²) >= 11 is 0. The summed E-state index contributed by atoms with van der Waals surface area (Å²) in [4.78, 5) is 2.55. The van der Waals surface area contributed by atoms with E-state index in [2.05, 4.69) is 259 Å². The minimum absolute atomic E-state index is 0.00697. The molecule has 2 nitrogen and oxygen atoms in total. The summed E-state index contributed by atoms with van der Waals surface area (Å²) in [6.07, 6.45) is 0. The van der Waals surface area contributed by atoms with Gasteiger partial charge in [0.15, 0.2) is 0 Å². The van der Waals surface area contributed by atoms with Gasteiger partial charge in [-0.15, -0.1) is 0 Å². The number of benzene rings is 9. The van der Waals surface area contributed by atoms with Crippen LogP contribution in [0.25, 0.3) is 71.6 Å². The van der Waals surface area contributed by atoms with Crippen LogP contribution in [-0.2, 0) is 16.2 Å². The summed E-state index contributed by atoms with van der Waals surface area (Å²) in [5, 5.41) is 4.93. The summed E-state index contributed by atoms with van der Waals surface area (Å²) in [7, 11) is 0. The van der Waals surface area contributed by atoms with Crippen LogP contribution in [0.4, 0.5) is 17.1 Å². The third-order valence-corrected chi connectivity index (χ3v) is 14.1. The normalized spacial score (nSPS) is 13.4. The average molecular weight is 841 g/mol. The molecule has 65 heavy (non-hydrogen) atoms. The topological polar surface area (TPSA) is 8.17 Å². The van der Waals surface area contributed by atoms with E-state index in [-0.39, 0.29) is 16.2 Å². The lowest BCUT2D eigenvalue weighted by atomic mass is 9.78. The van der Waals surface area contributed by atoms with Gasteiger partial charge < -0.3 is 9.47 Å². The summed E-state index contributed by atoms with van der Waals surface area (Å²) in [5.41, 5.74) is 19.7. The minimum atomic E-state index is -0.166. The van der Waals surface area contributed by atoms with Gasteiger partial charge in [-0.1, -0.05) is 201 Å². The fourth-order valence-corrected chi connectivity index (χ4v) is 10.6. The van der Waals surface area contributed by atoms with Crippen LogP contribution in [0.1, 0.15) is 77.6 Å². The van der Waals surface area contributed by atoms with Gasteiger partial charge in [0, 0.05) is 33.1 Å². The Kier molecular flexibility index (Phi) is 9.35. The number of fused-ring (bicyclic) bond motifs is 7. The van der Waals surface area contributed by atoms with E-state index in [9.17, 15) is 0 Å². The summed E-state index contributed by atoms with van der Waals surface area (Å²) in [6.45, 7) is 18.7. The van der Waals surface area contributed by atoms with Crippen molar-refractivity contribution in [1.29, 1.82) is 0 Å². The summed E-state index contributed by atoms with van der Waals surface area (Å²) in [6, 6.07) is 72.7. The Morgan fingerprint density at radius 3 is 1.72 bits per heavy atom. The van der Waals surface area contributed by atoms with Crippen LogP contribution in [0.2, 0.25) is 0 Å². The van der Waals surface area contributed by atoms with Crippen molar-refractivity contribution >= 4 is 49.6 Å². The van der Waals surface area contributed by atoms with Crippen LogP contribution >= 0.6 is 0 Å². The van der Waals surface area contributed by atoms with Crippen molar-refractivity contribution < 1.29 is 0 Å². The molecule has 0 N–H and O–H groups in total. The average Bonchev–Trinajstić information content (AvgIpc) is 3.77. The summed E-state index contributed by atoms with van der Waals surface area (Å²) in [5.74, 6) is 0. The number of aromatic nitrogens is 1. The van der Waals surface area contributed by atoms with E-state index in [1.54, 1.807) is 0 Å². The van der Waals surface area contributed by atoms with Crippen LogP contribution in [0.5, 0.6) is 0 Å². The lowest BCUT2D eigenvalue weighted by Crippen LogP contribution is -2.17. The molecule has 0 unspecified atom stereocenters. The lowest BCUT2D eigenvalue weighted by molar-refractivity contribution is 0.569. The highest BCUT2D eigenvalue weighted by atomic mass is 15.2. The first kappa shape index (κ1) is 40.6. The molecule has 0 fully saturated rings. The highest BCUT2D eigenvalue weighted by Gasteiger charge is 2.36. The molecular formula is C63H56N2. The Bertz CT molecular complexity index is 3440. The second-order valence-corrected chi connectivity index (χ2v) is 20.6. The molecule has 0 aliphatic heterocycles. The molecule has 0 saturated carbocycles. The molecule has 10 aromatic rings. The standard InChI is InChI=1S/C63H56N2/c1-61(2,3)43-37-42(38-44(39-43)62(4,5)6)47-28-18-21-41-22-19-29-51(59(41)47)50-26-13-16-31-55(50)65(46-35-36-49-48-25-12-15-30-53(48)63(7,8)54(49)40-46)58-34-20-33-57-60(58)52-27-14-17-32-56(52)64(57)45-23-10-9-11-24-45/h9-40H,1-8H3. The van der Waals surface area contributed by atoms with Gasteiger partial charge in [-0.05, 0) is 120 Å². The number of anilines is 3. The maximum absolute atomic E-state index is 2.55. The molecule has 2 heteroatoms. The van der Waals surface area contributed by atoms with Gasteiger partial charge in [-0.3, -0.25) is 0 Å². The second-order valence-electron chi connectivity index (χ2n) is 20.6. The molecule has 1 aliphatic carbocycles. The largest absolute Gasteiger partial charge is 0.309 e. The van der Waals surface area contributed by atoms with Gasteiger partial charge in [0.2, 0.25) is 0 Å². The first-order chi connectivity index (χ1) is 31.3. The first-order valence-corrected chi connectivity index (χ1v) is 23.2. The molecule has 1 aliphatic rings. The van der Waals surface area contributed by atoms with Crippen molar-refractivity contribution in [1.82, 2.24) is 4.57 Å². The highest BCUT2D eigenvalue weighted by molar-refractivity contribution is 6.17. The first-order valence-electron chi connectivity index (χ1n) is 23.2. The van der Waals surface area contributed by atoms with Gasteiger partial charge >= 0.3 is 0 Å². The summed E-state index contributed by atoms with van der Waals surface area (Å²) < 4.78 is 2.43. The van der Waals surface area contributed by atoms with Crippen LogP contribution in [0, 0.1) is 0 Å². The zero-order valence-electron chi connectivity index (χ0n) is 38.9. The fourth-order valence-electron chi connectivity index (χ4n) is 10.6. The van der Waals surface area contributed by atoms with Crippen LogP contribution in [0.15, 0.2) is 194 Å². The van der Waals surface area contributed by atoms with Gasteiger partial charge in [0.1, 0.15) is 0 Å². The van der Waals surface area contributed by atoms with E-state index < -0.39 is 0 Å². The van der Waals surface area contributed by atoms with Gasteiger partial charge in [-0.2, -0.15) is 0 Å². The molecule has 11 rings (SSSR count). The van der Waals surface area contributed by atoms with Crippen LogP contribution in [0.3, 0.4) is 0 Å². The molecule has 0 radical (unpaired) electrons. The van der Waals surface area contributed by atoms with Crippen LogP contribution in [-0.4, -0.2) is 4.57 Å². The highest BCUT2D eigenvalue weighted by Crippen LogP contribution is 2.53. The Hall–Kier alpha value is -7.16. The molecule has 0 saturated heterocycles. The molecule has 1 heterocycles. The van der Waals surface area contributed by atoms with Crippen molar-refractivity contribution in [2.45, 2.75) is 71.6 Å². The van der Waals surface area contributed by atoms with Crippen molar-refractivity contribution in [3.05, 3.63) is 216 Å². The number of nitrogens with zero attached hydrogens (tertiary/aromatic N) is 2. The van der Waals surface area contributed by atoms with Crippen LogP contribution < -0.4 is 4.90 Å². The monoisotopic (exact) mass is 840 g/mol. The lowest BCUT2D eigenvalue weighted by Gasteiger charge is -2.31. The minimum Gasteiger partial charge on any atom is -0.309 e. The number of hydrogen-bond donors (Lipinski definition) is 0. The number of hydrogen-bond acceptors (Lipinski definition) is 1. The van der Waals surface area contributed by atoms with Gasteiger partial charge in [0.25, 0.3) is 0 Å². The molecule has 0 bridgehead atoms. The smallest absolute Gasteiger partial charge is 0.0562 e. The van der Waals surface area contributed by atoms with Crippen molar-refractivity contribution in [3.63, 3.8) is 0 Å². The van der Waals surface area contributed by atoms with E-state index >= 15 is 0 Å². The predicted molar refractivity (Wildman–Crippen MR) is 279 cm³/mol. The van der Waals surface area contributed by atoms with E-state index in [0.717, 1.165) is 22.7 Å². The zero-order chi connectivity index (χ0) is 44.8. The van der Waals surface area contributed by atoms with E-state index in [0.29, 0.717) is 0 Å². The van der Waals surface area contributed by atoms with Crippen molar-refractivity contribution in [2.24, 2.45) is 0 Å². The zero-order valence-corrected chi connectivity index (χ0v) is 38.9. The Labute approximate surface area is 384 Å². The molecule has 0 atom stereocenters. The van der Waals surface area contributed by atoms with E-state index in [1.165, 1.54) is 88.2 Å². The maximum atomic E-state index is 2.55. The SMILES string of the molecule is CC(C)(C)c1cc(-c2cccc3cccc(-c4ccccc4N(c4ccc5c(c4)C(C)(C)c4ccccc4-5)c4cccc5c4c4ccccc4n5-c4ccccc4)c23)cc(C(C)(C)C)c1.